The fraction of sp³-hybridized carbons (Fsp3) is 0.333. The Kier molecular flexibility index (Phi) is 2.35. The molecule has 4 nitrogen and oxygen atoms in total. The van der Waals surface area contributed by atoms with Gasteiger partial charge in [0.2, 0.25) is 0 Å². The van der Waals surface area contributed by atoms with Crippen LogP contribution < -0.4 is 5.73 Å². The van der Waals surface area contributed by atoms with Gasteiger partial charge in [0.05, 0.1) is 24.3 Å². The molecule has 0 aliphatic carbocycles. The van der Waals surface area contributed by atoms with Crippen LogP contribution in [0.15, 0.2) is 17.9 Å². The lowest BCUT2D eigenvalue weighted by Crippen LogP contribution is -2.14. The molecular formula is C9H12N4S. The smallest absolute Gasteiger partial charge is 0.116 e. The van der Waals surface area contributed by atoms with Gasteiger partial charge in [-0.15, -0.1) is 11.3 Å². The van der Waals surface area contributed by atoms with Gasteiger partial charge in [0.25, 0.3) is 0 Å². The van der Waals surface area contributed by atoms with Crippen LogP contribution in [0.4, 0.5) is 0 Å². The minimum atomic E-state index is -0.166. The number of hydrogen-bond donors (Lipinski definition) is 1. The third-order valence-corrected chi connectivity index (χ3v) is 3.12. The van der Waals surface area contributed by atoms with E-state index in [1.54, 1.807) is 23.9 Å². The van der Waals surface area contributed by atoms with Crippen molar-refractivity contribution in [1.82, 2.24) is 14.5 Å². The molecule has 0 amide bonds. The summed E-state index contributed by atoms with van der Waals surface area (Å²) in [5.74, 6) is 0. The van der Waals surface area contributed by atoms with Gasteiger partial charge in [0.1, 0.15) is 5.01 Å². The first-order chi connectivity index (χ1) is 6.68. The Bertz CT molecular complexity index is 431. The topological polar surface area (TPSA) is 56.7 Å². The van der Waals surface area contributed by atoms with Gasteiger partial charge >= 0.3 is 0 Å². The second-order valence-corrected chi connectivity index (χ2v) is 4.12. The lowest BCUT2D eigenvalue weighted by molar-refractivity contribution is 0.739. The van der Waals surface area contributed by atoms with E-state index in [0.29, 0.717) is 0 Å². The number of imidazole rings is 1. The highest BCUT2D eigenvalue weighted by Crippen LogP contribution is 2.21. The van der Waals surface area contributed by atoms with E-state index in [1.807, 2.05) is 23.9 Å². The summed E-state index contributed by atoms with van der Waals surface area (Å²) < 4.78 is 1.92. The molecule has 2 rings (SSSR count). The van der Waals surface area contributed by atoms with Crippen LogP contribution in [0.5, 0.6) is 0 Å². The molecule has 0 aliphatic rings. The molecule has 0 spiro atoms. The fourth-order valence-corrected chi connectivity index (χ4v) is 2.12. The van der Waals surface area contributed by atoms with Crippen LogP contribution in [0.1, 0.15) is 22.4 Å². The molecule has 1 unspecified atom stereocenters. The van der Waals surface area contributed by atoms with E-state index in [2.05, 4.69) is 9.97 Å². The van der Waals surface area contributed by atoms with Gasteiger partial charge in [-0.3, -0.25) is 0 Å². The van der Waals surface area contributed by atoms with E-state index >= 15 is 0 Å². The maximum absolute atomic E-state index is 6.06. The van der Waals surface area contributed by atoms with Gasteiger partial charge in [-0.2, -0.15) is 0 Å². The molecule has 2 aromatic heterocycles. The average molecular weight is 208 g/mol. The van der Waals surface area contributed by atoms with Gasteiger partial charge in [-0.05, 0) is 6.92 Å². The molecule has 0 radical (unpaired) electrons. The first kappa shape index (κ1) is 9.36. The summed E-state index contributed by atoms with van der Waals surface area (Å²) in [6.45, 7) is 1.97. The summed E-state index contributed by atoms with van der Waals surface area (Å²) in [7, 11) is 1.93. The number of aromatic nitrogens is 3. The molecule has 0 aliphatic heterocycles. The molecule has 74 valence electrons. The summed E-state index contributed by atoms with van der Waals surface area (Å²) in [5.41, 5.74) is 8.06. The number of hydrogen-bond acceptors (Lipinski definition) is 4. The first-order valence-corrected chi connectivity index (χ1v) is 5.20. The fourth-order valence-electron chi connectivity index (χ4n) is 1.31. The van der Waals surface area contributed by atoms with Crippen molar-refractivity contribution >= 4 is 11.3 Å². The predicted octanol–water partition coefficient (Wildman–Crippen LogP) is 1.23. The number of rotatable bonds is 2. The normalized spacial score (nSPS) is 13.1. The Morgan fingerprint density at radius 2 is 2.36 bits per heavy atom. The zero-order chi connectivity index (χ0) is 10.1. The standard InChI is InChI=1S/C9H12N4S/c1-6-4-14-9(12-6)8(10)7-3-11-5-13(7)2/h3-5,8H,10H2,1-2H3. The van der Waals surface area contributed by atoms with Crippen LogP contribution in [0.2, 0.25) is 0 Å². The highest BCUT2D eigenvalue weighted by molar-refractivity contribution is 7.09. The number of aryl methyl sites for hydroxylation is 2. The van der Waals surface area contributed by atoms with E-state index in [4.69, 9.17) is 5.73 Å². The second-order valence-electron chi connectivity index (χ2n) is 3.23. The maximum Gasteiger partial charge on any atom is 0.116 e. The van der Waals surface area contributed by atoms with Crippen molar-refractivity contribution < 1.29 is 0 Å². The summed E-state index contributed by atoms with van der Waals surface area (Å²) in [5, 5.41) is 2.94. The third kappa shape index (κ3) is 1.56. The van der Waals surface area contributed by atoms with Crippen LogP contribution in [0, 0.1) is 6.92 Å². The second kappa shape index (κ2) is 3.51. The van der Waals surface area contributed by atoms with Crippen LogP contribution in [0.3, 0.4) is 0 Å². The summed E-state index contributed by atoms with van der Waals surface area (Å²) in [6.07, 6.45) is 3.52. The first-order valence-electron chi connectivity index (χ1n) is 4.32. The molecule has 0 saturated heterocycles. The van der Waals surface area contributed by atoms with Gasteiger partial charge in [-0.25, -0.2) is 9.97 Å². The van der Waals surface area contributed by atoms with Crippen molar-refractivity contribution in [2.24, 2.45) is 12.8 Å². The Labute approximate surface area is 86.4 Å². The molecule has 2 heterocycles. The number of nitrogens with two attached hydrogens (primary N) is 1. The number of thiazole rings is 1. The zero-order valence-electron chi connectivity index (χ0n) is 8.14. The summed E-state index contributed by atoms with van der Waals surface area (Å²) >= 11 is 1.59. The van der Waals surface area contributed by atoms with Crippen molar-refractivity contribution in [2.75, 3.05) is 0 Å². The Balaban J connectivity index is 2.33. The van der Waals surface area contributed by atoms with Crippen LogP contribution in [-0.2, 0) is 7.05 Å². The van der Waals surface area contributed by atoms with Crippen LogP contribution in [-0.4, -0.2) is 14.5 Å². The van der Waals surface area contributed by atoms with Gasteiger partial charge in [0, 0.05) is 18.1 Å². The van der Waals surface area contributed by atoms with Gasteiger partial charge in [-0.1, -0.05) is 0 Å². The maximum atomic E-state index is 6.06. The quantitative estimate of drug-likeness (QED) is 0.807. The monoisotopic (exact) mass is 208 g/mol. The van der Waals surface area contributed by atoms with E-state index in [0.717, 1.165) is 16.4 Å². The molecule has 0 aromatic carbocycles. The lowest BCUT2D eigenvalue weighted by atomic mass is 10.2. The Hall–Kier alpha value is -1.20. The molecule has 5 heteroatoms. The SMILES string of the molecule is Cc1csc(C(N)c2cncn2C)n1. The summed E-state index contributed by atoms with van der Waals surface area (Å²) in [6, 6.07) is -0.166. The minimum absolute atomic E-state index is 0.166. The van der Waals surface area contributed by atoms with E-state index < -0.39 is 0 Å². The molecular weight excluding hydrogens is 196 g/mol. The molecule has 2 N–H and O–H groups in total. The highest BCUT2D eigenvalue weighted by atomic mass is 32.1. The summed E-state index contributed by atoms with van der Waals surface area (Å²) in [4.78, 5) is 8.40. The molecule has 2 aromatic rings. The van der Waals surface area contributed by atoms with Crippen molar-refractivity contribution in [1.29, 1.82) is 0 Å². The van der Waals surface area contributed by atoms with E-state index in [-0.39, 0.29) is 6.04 Å². The molecule has 0 fully saturated rings. The van der Waals surface area contributed by atoms with E-state index in [9.17, 15) is 0 Å². The van der Waals surface area contributed by atoms with Crippen molar-refractivity contribution in [3.8, 4) is 0 Å². The van der Waals surface area contributed by atoms with Gasteiger partial charge < -0.3 is 10.3 Å². The molecule has 1 atom stereocenters. The Morgan fingerprint density at radius 1 is 1.57 bits per heavy atom. The van der Waals surface area contributed by atoms with Crippen LogP contribution in [0.25, 0.3) is 0 Å². The molecule has 0 saturated carbocycles. The minimum Gasteiger partial charge on any atom is -0.336 e. The average Bonchev–Trinajstić information content (AvgIpc) is 2.73. The molecule has 0 bridgehead atoms. The van der Waals surface area contributed by atoms with Crippen molar-refractivity contribution in [3.05, 3.63) is 34.3 Å². The third-order valence-electron chi connectivity index (χ3n) is 2.08. The molecule has 14 heavy (non-hydrogen) atoms. The lowest BCUT2D eigenvalue weighted by Gasteiger charge is -2.08. The Morgan fingerprint density at radius 3 is 2.86 bits per heavy atom. The van der Waals surface area contributed by atoms with Crippen molar-refractivity contribution in [3.63, 3.8) is 0 Å². The largest absolute Gasteiger partial charge is 0.336 e. The van der Waals surface area contributed by atoms with Gasteiger partial charge in [0.15, 0.2) is 0 Å². The highest BCUT2D eigenvalue weighted by Gasteiger charge is 2.15. The van der Waals surface area contributed by atoms with E-state index in [1.165, 1.54) is 0 Å². The number of nitrogens with zero attached hydrogens (tertiary/aromatic N) is 3. The predicted molar refractivity (Wildman–Crippen MR) is 56.1 cm³/mol. The van der Waals surface area contributed by atoms with Crippen molar-refractivity contribution in [2.45, 2.75) is 13.0 Å². The zero-order valence-corrected chi connectivity index (χ0v) is 8.95. The van der Waals surface area contributed by atoms with Crippen LogP contribution >= 0.6 is 11.3 Å².